The first-order valence-corrected chi connectivity index (χ1v) is 11.2. The Morgan fingerprint density at radius 3 is 2.58 bits per heavy atom. The number of aliphatic hydroxyl groups is 2. The molecule has 2 N–H and O–H groups in total. The lowest BCUT2D eigenvalue weighted by Crippen LogP contribution is -2.66. The zero-order valence-corrected chi connectivity index (χ0v) is 18.3. The highest BCUT2D eigenvalue weighted by Gasteiger charge is 3.00. The van der Waals surface area contributed by atoms with Crippen LogP contribution in [0.5, 0.6) is 0 Å². The van der Waals surface area contributed by atoms with Gasteiger partial charge in [-0.15, -0.1) is 6.58 Å². The summed E-state index contributed by atoms with van der Waals surface area (Å²) >= 11 is 0. The maximum Gasteiger partial charge on any atom is 0.342 e. The molecule has 11 atom stereocenters. The van der Waals surface area contributed by atoms with Gasteiger partial charge in [-0.1, -0.05) is 33.8 Å². The molecule has 170 valence electrons. The van der Waals surface area contributed by atoms with Gasteiger partial charge in [0.1, 0.15) is 11.7 Å². The fourth-order valence-corrected chi connectivity index (χ4v) is 8.72. The second-order valence-corrected chi connectivity index (χ2v) is 11.4. The number of fused-ring (bicyclic) bond motifs is 1. The second kappa shape index (κ2) is 5.35. The molecule has 6 aliphatic rings. The monoisotopic (exact) mass is 434 g/mol. The van der Waals surface area contributed by atoms with Crippen LogP contribution in [0.2, 0.25) is 0 Å². The van der Waals surface area contributed by atoms with Crippen molar-refractivity contribution in [3.63, 3.8) is 0 Å². The molecule has 6 rings (SSSR count). The van der Waals surface area contributed by atoms with Crippen molar-refractivity contribution in [1.82, 2.24) is 0 Å². The first kappa shape index (κ1) is 20.1. The van der Waals surface area contributed by atoms with Gasteiger partial charge in [-0.3, -0.25) is 0 Å². The second-order valence-electron chi connectivity index (χ2n) is 11.4. The van der Waals surface area contributed by atoms with Crippen molar-refractivity contribution in [3.05, 3.63) is 12.7 Å². The molecule has 2 spiro atoms. The summed E-state index contributed by atoms with van der Waals surface area (Å²) in [6.07, 6.45) is -1.19. The molecule has 0 unspecified atom stereocenters. The molecule has 0 radical (unpaired) electrons. The minimum Gasteiger partial charge on any atom is -0.459 e. The zero-order chi connectivity index (χ0) is 22.4. The highest BCUT2D eigenvalue weighted by Crippen LogP contribution is 2.84. The molecule has 8 heteroatoms. The van der Waals surface area contributed by atoms with E-state index in [1.54, 1.807) is 6.08 Å². The fraction of sp³-hybridized carbons (Fsp3) is 0.826. The van der Waals surface area contributed by atoms with Gasteiger partial charge in [0.2, 0.25) is 11.9 Å². The third-order valence-corrected chi connectivity index (χ3v) is 9.68. The van der Waals surface area contributed by atoms with Gasteiger partial charge >= 0.3 is 11.9 Å². The van der Waals surface area contributed by atoms with E-state index in [0.717, 1.165) is 0 Å². The molecule has 6 fully saturated rings. The smallest absolute Gasteiger partial charge is 0.342 e. The number of ether oxygens (including phenoxy) is 4. The maximum absolute atomic E-state index is 13.6. The van der Waals surface area contributed by atoms with E-state index in [2.05, 4.69) is 6.58 Å². The van der Waals surface area contributed by atoms with Crippen LogP contribution in [0.3, 0.4) is 0 Å². The molecule has 0 bridgehead atoms. The number of esters is 2. The van der Waals surface area contributed by atoms with E-state index in [0.29, 0.717) is 12.8 Å². The molecule has 2 aliphatic carbocycles. The summed E-state index contributed by atoms with van der Waals surface area (Å²) in [6, 6.07) is 0. The average molecular weight is 434 g/mol. The third-order valence-electron chi connectivity index (χ3n) is 9.68. The van der Waals surface area contributed by atoms with Gasteiger partial charge in [0.05, 0.1) is 23.0 Å². The van der Waals surface area contributed by atoms with Crippen molar-refractivity contribution >= 4 is 11.9 Å². The lowest BCUT2D eigenvalue weighted by molar-refractivity contribution is -0.238. The maximum atomic E-state index is 13.6. The van der Waals surface area contributed by atoms with Crippen LogP contribution in [-0.4, -0.2) is 64.1 Å². The molecule has 0 aromatic rings. The lowest BCUT2D eigenvalue weighted by atomic mass is 9.51. The molecular formula is C23H30O8. The van der Waals surface area contributed by atoms with Crippen molar-refractivity contribution < 1.29 is 38.7 Å². The molecule has 8 nitrogen and oxygen atoms in total. The first-order chi connectivity index (χ1) is 14.4. The minimum atomic E-state index is -1.75. The summed E-state index contributed by atoms with van der Waals surface area (Å²) in [4.78, 5) is 26.2. The molecule has 2 saturated carbocycles. The first-order valence-electron chi connectivity index (χ1n) is 11.2. The molecule has 31 heavy (non-hydrogen) atoms. The van der Waals surface area contributed by atoms with Gasteiger partial charge in [0, 0.05) is 5.92 Å². The van der Waals surface area contributed by atoms with E-state index in [1.807, 2.05) is 27.7 Å². The van der Waals surface area contributed by atoms with Gasteiger partial charge < -0.3 is 29.2 Å². The van der Waals surface area contributed by atoms with Crippen LogP contribution in [0.4, 0.5) is 0 Å². The summed E-state index contributed by atoms with van der Waals surface area (Å²) in [6.45, 7) is 11.8. The summed E-state index contributed by atoms with van der Waals surface area (Å²) in [7, 11) is 0. The van der Waals surface area contributed by atoms with Crippen molar-refractivity contribution in [3.8, 4) is 0 Å². The molecular weight excluding hydrogens is 404 g/mol. The van der Waals surface area contributed by atoms with Crippen LogP contribution in [0.25, 0.3) is 0 Å². The number of aliphatic hydroxyl groups excluding tert-OH is 1. The van der Waals surface area contributed by atoms with E-state index in [-0.39, 0.29) is 23.9 Å². The van der Waals surface area contributed by atoms with Gasteiger partial charge in [-0.25, -0.2) is 9.59 Å². The fourth-order valence-electron chi connectivity index (χ4n) is 8.72. The van der Waals surface area contributed by atoms with E-state index >= 15 is 0 Å². The largest absolute Gasteiger partial charge is 0.459 e. The lowest BCUT2D eigenvalue weighted by Gasteiger charge is -2.47. The highest BCUT2D eigenvalue weighted by atomic mass is 16.8. The van der Waals surface area contributed by atoms with E-state index < -0.39 is 64.5 Å². The van der Waals surface area contributed by atoms with Gasteiger partial charge in [-0.05, 0) is 30.6 Å². The molecule has 0 aromatic heterocycles. The SMILES string of the molecule is C=CC[C@@H]1O[C@@H]2C[C@]34[C@@H]5C[C@@H](C(C)(C)C)[C@@]36[C@H](OC(=O)[C@@H]6O)O[C@]4(C(=O)O5)[C@]2(O)[C@@H]1C. The molecule has 4 heterocycles. The standard InChI is InChI=1S/C23H30O8/c1-6-7-11-10(2)22(27)14(28-11)9-20-13-8-12(19(3,4)5)21(20)15(24)16(25)30-18(21)31-23(20,22)17(26)29-13/h6,10-15,18,24,27H,1,7-9H2,2-5H3/t10-,11+,12+,13+,14-,15+,18-,20+,21-,22+,23+/m1/s1. The summed E-state index contributed by atoms with van der Waals surface area (Å²) in [5.41, 5.74) is -6.07. The van der Waals surface area contributed by atoms with E-state index in [1.165, 1.54) is 0 Å². The Balaban J connectivity index is 1.62. The number of carbonyl (C=O) groups is 2. The quantitative estimate of drug-likeness (QED) is 0.491. The summed E-state index contributed by atoms with van der Waals surface area (Å²) in [5, 5.41) is 23.6. The van der Waals surface area contributed by atoms with Crippen molar-refractivity contribution in [1.29, 1.82) is 0 Å². The van der Waals surface area contributed by atoms with Crippen molar-refractivity contribution in [2.75, 3.05) is 0 Å². The average Bonchev–Trinajstić information content (AvgIpc) is 3.38. The summed E-state index contributed by atoms with van der Waals surface area (Å²) < 4.78 is 24.2. The zero-order valence-electron chi connectivity index (χ0n) is 18.3. The van der Waals surface area contributed by atoms with Gasteiger partial charge in [0.25, 0.3) is 0 Å². The predicted octanol–water partition coefficient (Wildman–Crippen LogP) is 1.08. The normalized spacial score (nSPS) is 58.6. The number of hydrogen-bond donors (Lipinski definition) is 2. The van der Waals surface area contributed by atoms with E-state index in [4.69, 9.17) is 18.9 Å². The molecule has 4 aliphatic heterocycles. The molecule has 0 aromatic carbocycles. The van der Waals surface area contributed by atoms with Crippen LogP contribution in [0.1, 0.15) is 47.0 Å². The Bertz CT molecular complexity index is 910. The number of hydrogen-bond acceptors (Lipinski definition) is 8. The Morgan fingerprint density at radius 1 is 1.23 bits per heavy atom. The van der Waals surface area contributed by atoms with Crippen LogP contribution in [-0.2, 0) is 28.5 Å². The topological polar surface area (TPSA) is 112 Å². The number of carbonyl (C=O) groups excluding carboxylic acids is 2. The summed E-state index contributed by atoms with van der Waals surface area (Å²) in [5.74, 6) is -2.06. The molecule has 0 amide bonds. The number of rotatable bonds is 2. The van der Waals surface area contributed by atoms with Crippen LogP contribution in [0, 0.1) is 28.1 Å². The Hall–Kier alpha value is -1.48. The van der Waals surface area contributed by atoms with Crippen molar-refractivity contribution in [2.45, 2.75) is 88.9 Å². The minimum absolute atomic E-state index is 0.229. The van der Waals surface area contributed by atoms with Crippen molar-refractivity contribution in [2.24, 2.45) is 28.1 Å². The predicted molar refractivity (Wildman–Crippen MR) is 104 cm³/mol. The Kier molecular flexibility index (Phi) is 3.48. The third kappa shape index (κ3) is 1.64. The van der Waals surface area contributed by atoms with Gasteiger partial charge in [0.15, 0.2) is 6.10 Å². The highest BCUT2D eigenvalue weighted by molar-refractivity contribution is 5.91. The van der Waals surface area contributed by atoms with Crippen LogP contribution >= 0.6 is 0 Å². The molecule has 4 saturated heterocycles. The van der Waals surface area contributed by atoms with Gasteiger partial charge in [-0.2, -0.15) is 0 Å². The Morgan fingerprint density at radius 2 is 1.94 bits per heavy atom. The Labute approximate surface area is 180 Å². The van der Waals surface area contributed by atoms with Crippen LogP contribution < -0.4 is 0 Å². The van der Waals surface area contributed by atoms with Crippen LogP contribution in [0.15, 0.2) is 12.7 Å². The van der Waals surface area contributed by atoms with E-state index in [9.17, 15) is 19.8 Å².